The van der Waals surface area contributed by atoms with Gasteiger partial charge in [-0.1, -0.05) is 0 Å². The molecule has 0 unspecified atom stereocenters. The largest absolute Gasteiger partial charge is 0.406 e. The zero-order valence-electron chi connectivity index (χ0n) is 10.9. The number of hydrogen-bond donors (Lipinski definition) is 0. The summed E-state index contributed by atoms with van der Waals surface area (Å²) in [5.41, 5.74) is 0.266. The van der Waals surface area contributed by atoms with Crippen molar-refractivity contribution in [3.63, 3.8) is 0 Å². The Balaban J connectivity index is 2.68. The van der Waals surface area contributed by atoms with Gasteiger partial charge in [0.1, 0.15) is 6.54 Å². The lowest BCUT2D eigenvalue weighted by molar-refractivity contribution is -0.141. The van der Waals surface area contributed by atoms with Crippen LogP contribution in [0.2, 0.25) is 0 Å². The first kappa shape index (κ1) is 17.5. The van der Waals surface area contributed by atoms with Crippen LogP contribution in [-0.4, -0.2) is 43.3 Å². The van der Waals surface area contributed by atoms with Gasteiger partial charge in [0.15, 0.2) is 0 Å². The Hall–Kier alpha value is -0.600. The van der Waals surface area contributed by atoms with Crippen molar-refractivity contribution in [3.05, 3.63) is 20.8 Å². The summed E-state index contributed by atoms with van der Waals surface area (Å²) in [7, 11) is 0. The van der Waals surface area contributed by atoms with Crippen LogP contribution >= 0.6 is 27.3 Å². The molecule has 114 valence electrons. The number of rotatable bonds is 7. The molecule has 0 N–H and O–H groups in total. The predicted molar refractivity (Wildman–Crippen MR) is 75.1 cm³/mol. The van der Waals surface area contributed by atoms with E-state index < -0.39 is 18.6 Å². The van der Waals surface area contributed by atoms with E-state index in [2.05, 4.69) is 15.9 Å². The van der Waals surface area contributed by atoms with Crippen molar-refractivity contribution in [2.45, 2.75) is 19.5 Å². The van der Waals surface area contributed by atoms with Crippen LogP contribution < -0.4 is 0 Å². The zero-order valence-corrected chi connectivity index (χ0v) is 13.3. The highest BCUT2D eigenvalue weighted by Gasteiger charge is 2.33. The second-order valence-corrected chi connectivity index (χ2v) is 6.32. The van der Waals surface area contributed by atoms with Crippen LogP contribution in [0.3, 0.4) is 0 Å². The van der Waals surface area contributed by atoms with Crippen LogP contribution in [0.1, 0.15) is 23.7 Å². The maximum Gasteiger partial charge on any atom is 0.406 e. The Labute approximate surface area is 127 Å². The van der Waals surface area contributed by atoms with E-state index in [0.717, 1.165) is 4.90 Å². The molecule has 0 radical (unpaired) electrons. The quantitative estimate of drug-likeness (QED) is 0.677. The zero-order chi connectivity index (χ0) is 15.2. The number of thiophene rings is 1. The van der Waals surface area contributed by atoms with E-state index >= 15 is 0 Å². The van der Waals surface area contributed by atoms with Gasteiger partial charge in [-0.15, -0.1) is 11.3 Å². The Morgan fingerprint density at radius 2 is 2.20 bits per heavy atom. The van der Waals surface area contributed by atoms with Crippen molar-refractivity contribution >= 4 is 33.2 Å². The smallest absolute Gasteiger partial charge is 0.382 e. The van der Waals surface area contributed by atoms with Gasteiger partial charge in [-0.3, -0.25) is 4.79 Å². The topological polar surface area (TPSA) is 29.5 Å². The summed E-state index contributed by atoms with van der Waals surface area (Å²) in [6.07, 6.45) is -4.03. The molecule has 0 spiro atoms. The molecular weight excluding hydrogens is 359 g/mol. The number of alkyl halides is 3. The number of amides is 1. The normalized spacial score (nSPS) is 11.7. The molecule has 0 atom stereocenters. The molecule has 1 amide bonds. The SMILES string of the molecule is CCOCCCN(CC(F)(F)F)C(=O)c1csc(Br)c1. The number of ether oxygens (including phenoxy) is 1. The van der Waals surface area contributed by atoms with E-state index in [1.807, 2.05) is 6.92 Å². The number of hydrogen-bond acceptors (Lipinski definition) is 3. The fourth-order valence-corrected chi connectivity index (χ4v) is 2.71. The first-order valence-corrected chi connectivity index (χ1v) is 7.68. The van der Waals surface area contributed by atoms with E-state index in [1.165, 1.54) is 17.4 Å². The Morgan fingerprint density at radius 1 is 1.50 bits per heavy atom. The summed E-state index contributed by atoms with van der Waals surface area (Å²) in [5.74, 6) is -0.610. The molecule has 0 aliphatic rings. The highest BCUT2D eigenvalue weighted by Crippen LogP contribution is 2.23. The van der Waals surface area contributed by atoms with Gasteiger partial charge in [-0.25, -0.2) is 0 Å². The molecular formula is C12H15BrF3NO2S. The van der Waals surface area contributed by atoms with E-state index in [1.54, 1.807) is 5.38 Å². The molecule has 0 aliphatic carbocycles. The first-order valence-electron chi connectivity index (χ1n) is 6.01. The minimum Gasteiger partial charge on any atom is -0.382 e. The van der Waals surface area contributed by atoms with Crippen molar-refractivity contribution in [2.24, 2.45) is 0 Å². The van der Waals surface area contributed by atoms with E-state index in [-0.39, 0.29) is 12.1 Å². The monoisotopic (exact) mass is 373 g/mol. The molecule has 1 heterocycles. The van der Waals surface area contributed by atoms with Crippen LogP contribution in [0.4, 0.5) is 13.2 Å². The molecule has 1 aromatic rings. The summed E-state index contributed by atoms with van der Waals surface area (Å²) in [4.78, 5) is 12.9. The second-order valence-electron chi connectivity index (χ2n) is 4.03. The number of nitrogens with zero attached hydrogens (tertiary/aromatic N) is 1. The van der Waals surface area contributed by atoms with Gasteiger partial charge in [0.05, 0.1) is 9.35 Å². The molecule has 3 nitrogen and oxygen atoms in total. The second kappa shape index (κ2) is 7.99. The molecule has 1 rings (SSSR count). The van der Waals surface area contributed by atoms with Gasteiger partial charge in [0.2, 0.25) is 0 Å². The molecule has 0 fully saturated rings. The molecule has 0 aliphatic heterocycles. The van der Waals surface area contributed by atoms with E-state index in [4.69, 9.17) is 4.74 Å². The third-order valence-corrected chi connectivity index (χ3v) is 3.90. The molecule has 20 heavy (non-hydrogen) atoms. The summed E-state index contributed by atoms with van der Waals surface area (Å²) in [5, 5.41) is 1.54. The Morgan fingerprint density at radius 3 is 2.70 bits per heavy atom. The van der Waals surface area contributed by atoms with Gasteiger partial charge in [0.25, 0.3) is 5.91 Å². The maximum absolute atomic E-state index is 12.5. The van der Waals surface area contributed by atoms with Crippen LogP contribution in [-0.2, 0) is 4.74 Å². The summed E-state index contributed by atoms with van der Waals surface area (Å²) in [6.45, 7) is 1.43. The fraction of sp³-hybridized carbons (Fsp3) is 0.583. The fourth-order valence-electron chi connectivity index (χ4n) is 1.58. The van der Waals surface area contributed by atoms with Crippen molar-refractivity contribution < 1.29 is 22.7 Å². The molecule has 0 saturated heterocycles. The van der Waals surface area contributed by atoms with Gasteiger partial charge in [0, 0.05) is 25.1 Å². The van der Waals surface area contributed by atoms with Crippen molar-refractivity contribution in [2.75, 3.05) is 26.3 Å². The molecule has 1 aromatic heterocycles. The van der Waals surface area contributed by atoms with Crippen molar-refractivity contribution in [1.82, 2.24) is 4.90 Å². The van der Waals surface area contributed by atoms with Crippen LogP contribution in [0.15, 0.2) is 15.2 Å². The van der Waals surface area contributed by atoms with Crippen LogP contribution in [0.5, 0.6) is 0 Å². The lowest BCUT2D eigenvalue weighted by Gasteiger charge is -2.23. The van der Waals surface area contributed by atoms with E-state index in [0.29, 0.717) is 23.4 Å². The molecule has 0 bridgehead atoms. The van der Waals surface area contributed by atoms with Gasteiger partial charge in [-0.2, -0.15) is 13.2 Å². The van der Waals surface area contributed by atoms with Crippen LogP contribution in [0.25, 0.3) is 0 Å². The average Bonchev–Trinajstić information content (AvgIpc) is 2.77. The van der Waals surface area contributed by atoms with Gasteiger partial charge < -0.3 is 9.64 Å². The molecule has 0 saturated carbocycles. The molecule has 0 aromatic carbocycles. The third-order valence-electron chi connectivity index (χ3n) is 2.39. The summed E-state index contributed by atoms with van der Waals surface area (Å²) < 4.78 is 43.4. The third kappa shape index (κ3) is 6.23. The summed E-state index contributed by atoms with van der Waals surface area (Å²) >= 11 is 4.45. The minimum atomic E-state index is -4.41. The van der Waals surface area contributed by atoms with Crippen LogP contribution in [0, 0.1) is 0 Å². The minimum absolute atomic E-state index is 0.0197. The number of carbonyl (C=O) groups excluding carboxylic acids is 1. The Bertz CT molecular complexity index is 437. The van der Waals surface area contributed by atoms with Gasteiger partial charge in [-0.05, 0) is 35.3 Å². The lowest BCUT2D eigenvalue weighted by atomic mass is 10.2. The molecule has 8 heteroatoms. The number of halogens is 4. The van der Waals surface area contributed by atoms with Crippen molar-refractivity contribution in [1.29, 1.82) is 0 Å². The average molecular weight is 374 g/mol. The van der Waals surface area contributed by atoms with E-state index in [9.17, 15) is 18.0 Å². The lowest BCUT2D eigenvalue weighted by Crippen LogP contribution is -2.39. The maximum atomic E-state index is 12.5. The predicted octanol–water partition coefficient (Wildman–Crippen LogP) is 3.94. The van der Waals surface area contributed by atoms with Crippen molar-refractivity contribution in [3.8, 4) is 0 Å². The number of carbonyl (C=O) groups is 1. The van der Waals surface area contributed by atoms with Gasteiger partial charge >= 0.3 is 6.18 Å². The summed E-state index contributed by atoms with van der Waals surface area (Å²) in [6, 6.07) is 1.53. The Kier molecular flexibility index (Phi) is 6.97. The first-order chi connectivity index (χ1) is 9.33. The highest BCUT2D eigenvalue weighted by atomic mass is 79.9. The standard InChI is InChI=1S/C12H15BrF3NO2S/c1-2-19-5-3-4-17(8-12(14,15)16)11(18)9-6-10(13)20-7-9/h6-7H,2-5,8H2,1H3. The highest BCUT2D eigenvalue weighted by molar-refractivity contribution is 9.11.